The first kappa shape index (κ1) is 13.6. The summed E-state index contributed by atoms with van der Waals surface area (Å²) >= 11 is 0. The normalized spacial score (nSPS) is 24.3. The van der Waals surface area contributed by atoms with E-state index in [-0.39, 0.29) is 0 Å². The smallest absolute Gasteiger partial charge is 0.0230 e. The topological polar surface area (TPSA) is 29.3 Å². The maximum Gasteiger partial charge on any atom is 0.0230 e. The summed E-state index contributed by atoms with van der Waals surface area (Å²) in [5.74, 6) is 2.34. The van der Waals surface area contributed by atoms with Crippen molar-refractivity contribution in [2.75, 3.05) is 20.1 Å². The molecule has 2 heteroatoms. The van der Waals surface area contributed by atoms with Crippen LogP contribution in [0.4, 0.5) is 0 Å². The van der Waals surface area contributed by atoms with Gasteiger partial charge in [-0.15, -0.1) is 0 Å². The van der Waals surface area contributed by atoms with Crippen molar-refractivity contribution in [3.8, 4) is 0 Å². The molecular weight excluding hydrogens is 220 g/mol. The van der Waals surface area contributed by atoms with Crippen LogP contribution in [-0.4, -0.2) is 25.0 Å². The first-order valence-corrected chi connectivity index (χ1v) is 7.07. The van der Waals surface area contributed by atoms with E-state index in [1.165, 1.54) is 24.1 Å². The summed E-state index contributed by atoms with van der Waals surface area (Å²) in [4.78, 5) is 2.44. The summed E-state index contributed by atoms with van der Waals surface area (Å²) in [6.07, 6.45) is 1.41. The molecule has 3 unspecified atom stereocenters. The van der Waals surface area contributed by atoms with Crippen LogP contribution in [0.25, 0.3) is 0 Å². The Hall–Kier alpha value is -0.860. The van der Waals surface area contributed by atoms with Gasteiger partial charge in [0, 0.05) is 13.1 Å². The first-order valence-electron chi connectivity index (χ1n) is 7.07. The van der Waals surface area contributed by atoms with E-state index in [2.05, 4.69) is 50.1 Å². The molecule has 0 aliphatic heterocycles. The molecular formula is C16H26N2. The van der Waals surface area contributed by atoms with Gasteiger partial charge in [0.2, 0.25) is 0 Å². The molecule has 0 radical (unpaired) electrons. The van der Waals surface area contributed by atoms with E-state index >= 15 is 0 Å². The van der Waals surface area contributed by atoms with Crippen molar-refractivity contribution in [1.29, 1.82) is 0 Å². The Morgan fingerprint density at radius 1 is 1.33 bits per heavy atom. The first-order chi connectivity index (χ1) is 8.60. The largest absolute Gasteiger partial charge is 0.330 e. The third kappa shape index (κ3) is 3.56. The predicted octanol–water partition coefficient (Wildman–Crippen LogP) is 2.84. The van der Waals surface area contributed by atoms with Crippen molar-refractivity contribution in [2.45, 2.75) is 32.7 Å². The fourth-order valence-electron chi connectivity index (χ4n) is 2.52. The van der Waals surface area contributed by atoms with Crippen LogP contribution in [-0.2, 0) is 6.54 Å². The minimum Gasteiger partial charge on any atom is -0.330 e. The van der Waals surface area contributed by atoms with Crippen molar-refractivity contribution in [3.05, 3.63) is 35.4 Å². The molecule has 1 fully saturated rings. The molecule has 1 aromatic rings. The lowest BCUT2D eigenvalue weighted by atomic mass is 10.00. The zero-order valence-electron chi connectivity index (χ0n) is 11.9. The Morgan fingerprint density at radius 3 is 2.44 bits per heavy atom. The van der Waals surface area contributed by atoms with Gasteiger partial charge in [-0.3, -0.25) is 0 Å². The van der Waals surface area contributed by atoms with Gasteiger partial charge in [0.1, 0.15) is 0 Å². The summed E-state index contributed by atoms with van der Waals surface area (Å²) in [6.45, 7) is 7.54. The van der Waals surface area contributed by atoms with Crippen LogP contribution < -0.4 is 5.73 Å². The van der Waals surface area contributed by atoms with E-state index in [9.17, 15) is 0 Å². The molecule has 0 bridgehead atoms. The highest BCUT2D eigenvalue weighted by Crippen LogP contribution is 2.38. The van der Waals surface area contributed by atoms with Crippen molar-refractivity contribution in [3.63, 3.8) is 0 Å². The molecule has 1 aromatic carbocycles. The van der Waals surface area contributed by atoms with Gasteiger partial charge in [-0.05, 0) is 48.9 Å². The van der Waals surface area contributed by atoms with Gasteiger partial charge >= 0.3 is 0 Å². The Labute approximate surface area is 111 Å². The number of hydrogen-bond donors (Lipinski definition) is 1. The summed E-state index contributed by atoms with van der Waals surface area (Å²) in [5.41, 5.74) is 8.44. The third-order valence-corrected chi connectivity index (χ3v) is 4.18. The van der Waals surface area contributed by atoms with Crippen LogP contribution in [0.5, 0.6) is 0 Å². The quantitative estimate of drug-likeness (QED) is 0.836. The second kappa shape index (κ2) is 5.85. The molecule has 1 aliphatic carbocycles. The van der Waals surface area contributed by atoms with Crippen molar-refractivity contribution in [2.24, 2.45) is 17.6 Å². The SMILES string of the molecule is CC(CN)c1ccc(CN(C)CC2CC2C)cc1. The summed E-state index contributed by atoms with van der Waals surface area (Å²) in [5, 5.41) is 0. The second-order valence-electron chi connectivity index (χ2n) is 6.05. The van der Waals surface area contributed by atoms with Crippen molar-refractivity contribution >= 4 is 0 Å². The lowest BCUT2D eigenvalue weighted by molar-refractivity contribution is 0.307. The summed E-state index contributed by atoms with van der Waals surface area (Å²) in [7, 11) is 2.22. The minimum absolute atomic E-state index is 0.462. The highest BCUT2D eigenvalue weighted by Gasteiger charge is 2.32. The van der Waals surface area contributed by atoms with Gasteiger partial charge in [0.25, 0.3) is 0 Å². The van der Waals surface area contributed by atoms with Gasteiger partial charge in [0.05, 0.1) is 0 Å². The standard InChI is InChI=1S/C16H26N2/c1-12-8-16(12)11-18(3)10-14-4-6-15(7-5-14)13(2)9-17/h4-7,12-13,16H,8-11,17H2,1-3H3. The number of nitrogens with zero attached hydrogens (tertiary/aromatic N) is 1. The fraction of sp³-hybridized carbons (Fsp3) is 0.625. The monoisotopic (exact) mass is 246 g/mol. The van der Waals surface area contributed by atoms with Crippen LogP contribution in [0.2, 0.25) is 0 Å². The number of hydrogen-bond acceptors (Lipinski definition) is 2. The molecule has 2 nitrogen and oxygen atoms in total. The lowest BCUT2D eigenvalue weighted by Crippen LogP contribution is -2.20. The van der Waals surface area contributed by atoms with Crippen molar-refractivity contribution < 1.29 is 0 Å². The summed E-state index contributed by atoms with van der Waals surface area (Å²) in [6, 6.07) is 8.93. The van der Waals surface area contributed by atoms with E-state index in [0.29, 0.717) is 5.92 Å². The second-order valence-corrected chi connectivity index (χ2v) is 6.05. The molecule has 18 heavy (non-hydrogen) atoms. The molecule has 3 atom stereocenters. The number of nitrogens with two attached hydrogens (primary N) is 1. The third-order valence-electron chi connectivity index (χ3n) is 4.18. The zero-order chi connectivity index (χ0) is 13.1. The van der Waals surface area contributed by atoms with E-state index in [0.717, 1.165) is 24.9 Å². The predicted molar refractivity (Wildman–Crippen MR) is 77.5 cm³/mol. The molecule has 0 amide bonds. The Morgan fingerprint density at radius 2 is 1.94 bits per heavy atom. The van der Waals surface area contributed by atoms with E-state index in [4.69, 9.17) is 5.73 Å². The maximum atomic E-state index is 5.69. The van der Waals surface area contributed by atoms with Crippen molar-refractivity contribution in [1.82, 2.24) is 4.90 Å². The van der Waals surface area contributed by atoms with Gasteiger partial charge in [-0.25, -0.2) is 0 Å². The average Bonchev–Trinajstić information content (AvgIpc) is 3.04. The van der Waals surface area contributed by atoms with Crippen LogP contribution in [0, 0.1) is 11.8 Å². The molecule has 100 valence electrons. The zero-order valence-corrected chi connectivity index (χ0v) is 11.9. The average molecular weight is 246 g/mol. The molecule has 0 heterocycles. The van der Waals surface area contributed by atoms with Crippen LogP contribution in [0.3, 0.4) is 0 Å². The molecule has 0 spiro atoms. The Bertz CT molecular complexity index is 371. The fourth-order valence-corrected chi connectivity index (χ4v) is 2.52. The molecule has 0 aromatic heterocycles. The minimum atomic E-state index is 0.462. The molecule has 1 saturated carbocycles. The molecule has 2 rings (SSSR count). The molecule has 1 aliphatic rings. The van der Waals surface area contributed by atoms with E-state index in [1.54, 1.807) is 0 Å². The Kier molecular flexibility index (Phi) is 4.41. The maximum absolute atomic E-state index is 5.69. The summed E-state index contributed by atoms with van der Waals surface area (Å²) < 4.78 is 0. The van der Waals surface area contributed by atoms with Crippen LogP contribution in [0.1, 0.15) is 37.3 Å². The Balaban J connectivity index is 1.85. The number of benzene rings is 1. The van der Waals surface area contributed by atoms with Gasteiger partial charge in [-0.1, -0.05) is 38.1 Å². The van der Waals surface area contributed by atoms with Gasteiger partial charge in [0.15, 0.2) is 0 Å². The van der Waals surface area contributed by atoms with Crippen LogP contribution in [0.15, 0.2) is 24.3 Å². The molecule has 2 N–H and O–H groups in total. The van der Waals surface area contributed by atoms with E-state index in [1.807, 2.05) is 0 Å². The number of rotatable bonds is 6. The molecule has 0 saturated heterocycles. The highest BCUT2D eigenvalue weighted by molar-refractivity contribution is 5.25. The van der Waals surface area contributed by atoms with Crippen LogP contribution >= 0.6 is 0 Å². The van der Waals surface area contributed by atoms with E-state index < -0.39 is 0 Å². The van der Waals surface area contributed by atoms with Gasteiger partial charge in [-0.2, -0.15) is 0 Å². The highest BCUT2D eigenvalue weighted by atomic mass is 15.1. The lowest BCUT2D eigenvalue weighted by Gasteiger charge is -2.17. The van der Waals surface area contributed by atoms with Gasteiger partial charge < -0.3 is 10.6 Å².